The van der Waals surface area contributed by atoms with E-state index in [1.54, 1.807) is 0 Å². The summed E-state index contributed by atoms with van der Waals surface area (Å²) >= 11 is 1.44. The Kier molecular flexibility index (Phi) is 8.85. The van der Waals surface area contributed by atoms with E-state index in [0.29, 0.717) is 30.3 Å². The fourth-order valence-electron chi connectivity index (χ4n) is 6.31. The topological polar surface area (TPSA) is 86.6 Å². The highest BCUT2D eigenvalue weighted by molar-refractivity contribution is 7.99. The molecule has 0 radical (unpaired) electrons. The van der Waals surface area contributed by atoms with Crippen molar-refractivity contribution in [2.75, 3.05) is 11.5 Å². The lowest BCUT2D eigenvalue weighted by Gasteiger charge is -2.63. The molecule has 2 saturated carbocycles. The van der Waals surface area contributed by atoms with Gasteiger partial charge in [-0.15, -0.1) is 0 Å². The van der Waals surface area contributed by atoms with Crippen LogP contribution >= 0.6 is 11.8 Å². The number of carbonyl (C=O) groups excluding carboxylic acids is 2. The number of fused-ring (bicyclic) bond motifs is 1. The zero-order valence-electron chi connectivity index (χ0n) is 20.7. The Labute approximate surface area is 198 Å². The largest absolute Gasteiger partial charge is 0.390 e. The highest BCUT2D eigenvalue weighted by atomic mass is 32.2. The lowest BCUT2D eigenvalue weighted by atomic mass is 9.44. The third-order valence-electron chi connectivity index (χ3n) is 8.19. The molecule has 32 heavy (non-hydrogen) atoms. The third-order valence-corrected chi connectivity index (χ3v) is 9.43. The SMILES string of the molecule is C=CC(C)=CCC1C2(C)CCCC(C)(C)C2CC(O)C1(O)CSCC(NC(C)=O)C(C)=O. The van der Waals surface area contributed by atoms with Crippen LogP contribution in [0, 0.1) is 22.7 Å². The molecule has 6 heteroatoms. The van der Waals surface area contributed by atoms with Crippen molar-refractivity contribution >= 4 is 23.5 Å². The van der Waals surface area contributed by atoms with Crippen LogP contribution in [0.3, 0.4) is 0 Å². The number of hydrogen-bond acceptors (Lipinski definition) is 5. The van der Waals surface area contributed by atoms with E-state index in [4.69, 9.17) is 0 Å². The summed E-state index contributed by atoms with van der Waals surface area (Å²) in [4.78, 5) is 23.4. The molecule has 2 fully saturated rings. The van der Waals surface area contributed by atoms with Crippen molar-refractivity contribution in [3.8, 4) is 0 Å². The molecule has 2 aliphatic carbocycles. The minimum Gasteiger partial charge on any atom is -0.390 e. The Balaban J connectivity index is 2.33. The molecule has 0 aliphatic heterocycles. The molecule has 5 nitrogen and oxygen atoms in total. The molecule has 0 aromatic rings. The van der Waals surface area contributed by atoms with Crippen molar-refractivity contribution in [2.24, 2.45) is 22.7 Å². The first-order valence-corrected chi connectivity index (χ1v) is 13.0. The monoisotopic (exact) mass is 465 g/mol. The van der Waals surface area contributed by atoms with E-state index in [9.17, 15) is 19.8 Å². The molecule has 0 spiro atoms. The van der Waals surface area contributed by atoms with Gasteiger partial charge in [0.05, 0.1) is 12.1 Å². The standard InChI is InChI=1S/C26H43NO4S/c1-8-17(2)10-11-21-25(7)13-9-12-24(5,6)22(25)14-23(30)26(21,31)16-32-15-20(18(3)28)27-19(4)29/h8,10,20-23,30-31H,1,9,11-16H2,2-7H3,(H,27,29). The van der Waals surface area contributed by atoms with E-state index < -0.39 is 17.7 Å². The average Bonchev–Trinajstić information content (AvgIpc) is 2.68. The van der Waals surface area contributed by atoms with Gasteiger partial charge < -0.3 is 15.5 Å². The first kappa shape index (κ1) is 27.1. The maximum absolute atomic E-state index is 12.0. The molecule has 0 aromatic carbocycles. The summed E-state index contributed by atoms with van der Waals surface area (Å²) in [6.07, 6.45) is 7.68. The van der Waals surface area contributed by atoms with Gasteiger partial charge in [-0.2, -0.15) is 11.8 Å². The van der Waals surface area contributed by atoms with Gasteiger partial charge in [0.15, 0.2) is 5.78 Å². The highest BCUT2D eigenvalue weighted by Gasteiger charge is 2.62. The predicted molar refractivity (Wildman–Crippen MR) is 132 cm³/mol. The number of amides is 1. The number of thioether (sulfide) groups is 1. The number of hydrogen-bond donors (Lipinski definition) is 3. The number of Topliss-reactive ketones (excluding diaryl/α,β-unsaturated/α-hetero) is 1. The first-order valence-electron chi connectivity index (χ1n) is 11.8. The minimum absolute atomic E-state index is 0.0914. The van der Waals surface area contributed by atoms with Crippen molar-refractivity contribution in [3.63, 3.8) is 0 Å². The Morgan fingerprint density at radius 3 is 2.44 bits per heavy atom. The van der Waals surface area contributed by atoms with Gasteiger partial charge >= 0.3 is 0 Å². The van der Waals surface area contributed by atoms with Crippen molar-refractivity contribution in [1.29, 1.82) is 0 Å². The average molecular weight is 466 g/mol. The molecule has 1 amide bonds. The Bertz CT molecular complexity index is 748. The zero-order chi connectivity index (χ0) is 24.3. The summed E-state index contributed by atoms with van der Waals surface area (Å²) in [7, 11) is 0. The quantitative estimate of drug-likeness (QED) is 0.443. The third kappa shape index (κ3) is 5.68. The Morgan fingerprint density at radius 1 is 1.22 bits per heavy atom. The predicted octanol–water partition coefficient (Wildman–Crippen LogP) is 4.28. The second-order valence-electron chi connectivity index (χ2n) is 11.0. The summed E-state index contributed by atoms with van der Waals surface area (Å²) < 4.78 is 0. The number of carbonyl (C=O) groups is 2. The smallest absolute Gasteiger partial charge is 0.217 e. The Hall–Kier alpha value is -1.11. The molecule has 6 atom stereocenters. The van der Waals surface area contributed by atoms with Crippen LogP contribution in [-0.4, -0.2) is 51.2 Å². The highest BCUT2D eigenvalue weighted by Crippen LogP contribution is 2.63. The second-order valence-corrected chi connectivity index (χ2v) is 12.0. The van der Waals surface area contributed by atoms with E-state index >= 15 is 0 Å². The lowest BCUT2D eigenvalue weighted by Crippen LogP contribution is -2.65. The van der Waals surface area contributed by atoms with Crippen LogP contribution in [0.25, 0.3) is 0 Å². The molecular weight excluding hydrogens is 422 g/mol. The summed E-state index contributed by atoms with van der Waals surface area (Å²) in [6.45, 7) is 15.6. The number of aliphatic hydroxyl groups excluding tert-OH is 1. The van der Waals surface area contributed by atoms with Gasteiger partial charge in [-0.3, -0.25) is 9.59 Å². The van der Waals surface area contributed by atoms with Gasteiger partial charge in [0.1, 0.15) is 5.60 Å². The van der Waals surface area contributed by atoms with E-state index in [1.807, 2.05) is 13.0 Å². The summed E-state index contributed by atoms with van der Waals surface area (Å²) in [5, 5.41) is 26.0. The minimum atomic E-state index is -1.27. The van der Waals surface area contributed by atoms with E-state index in [-0.39, 0.29) is 28.4 Å². The van der Waals surface area contributed by atoms with Gasteiger partial charge in [-0.05, 0) is 56.3 Å². The van der Waals surface area contributed by atoms with Crippen molar-refractivity contribution in [2.45, 2.75) is 91.4 Å². The maximum Gasteiger partial charge on any atom is 0.217 e. The van der Waals surface area contributed by atoms with Gasteiger partial charge in [-0.25, -0.2) is 0 Å². The van der Waals surface area contributed by atoms with Crippen LogP contribution < -0.4 is 5.32 Å². The molecule has 0 saturated heterocycles. The van der Waals surface area contributed by atoms with Crippen molar-refractivity contribution in [1.82, 2.24) is 5.32 Å². The molecule has 0 bridgehead atoms. The summed E-state index contributed by atoms with van der Waals surface area (Å²) in [6, 6.07) is -0.583. The molecule has 2 rings (SSSR count). The molecule has 3 N–H and O–H groups in total. The molecular formula is C26H43NO4S. The maximum atomic E-state index is 12.0. The molecule has 182 valence electrons. The van der Waals surface area contributed by atoms with Crippen LogP contribution in [0.15, 0.2) is 24.3 Å². The van der Waals surface area contributed by atoms with E-state index in [0.717, 1.165) is 24.8 Å². The summed E-state index contributed by atoms with van der Waals surface area (Å²) in [5.41, 5.74) is -0.175. The van der Waals surface area contributed by atoms with Crippen LogP contribution in [0.2, 0.25) is 0 Å². The van der Waals surface area contributed by atoms with Gasteiger partial charge in [-0.1, -0.05) is 51.5 Å². The number of aliphatic hydroxyl groups is 2. The first-order chi connectivity index (χ1) is 14.8. The van der Waals surface area contributed by atoms with Gasteiger partial charge in [0.25, 0.3) is 0 Å². The Morgan fingerprint density at radius 2 is 1.88 bits per heavy atom. The van der Waals surface area contributed by atoms with Crippen molar-refractivity contribution in [3.05, 3.63) is 24.3 Å². The number of allylic oxidation sites excluding steroid dienone is 3. The van der Waals surface area contributed by atoms with Crippen LogP contribution in [0.5, 0.6) is 0 Å². The van der Waals surface area contributed by atoms with Crippen LogP contribution in [0.4, 0.5) is 0 Å². The normalized spacial score (nSPS) is 35.5. The molecule has 2 aliphatic rings. The van der Waals surface area contributed by atoms with Crippen LogP contribution in [-0.2, 0) is 9.59 Å². The number of ketones is 1. The lowest BCUT2D eigenvalue weighted by molar-refractivity contribution is -0.215. The second kappa shape index (κ2) is 10.4. The van der Waals surface area contributed by atoms with Crippen molar-refractivity contribution < 1.29 is 19.8 Å². The molecule has 0 heterocycles. The van der Waals surface area contributed by atoms with Gasteiger partial charge in [0.2, 0.25) is 5.91 Å². The van der Waals surface area contributed by atoms with Crippen LogP contribution in [0.1, 0.15) is 73.6 Å². The molecule has 6 unspecified atom stereocenters. The molecule has 0 aromatic heterocycles. The van der Waals surface area contributed by atoms with E-state index in [1.165, 1.54) is 25.6 Å². The summed E-state index contributed by atoms with van der Waals surface area (Å²) in [5.74, 6) is 0.574. The number of rotatable bonds is 9. The number of nitrogens with one attached hydrogen (secondary N) is 1. The van der Waals surface area contributed by atoms with Gasteiger partial charge in [0, 0.05) is 24.3 Å². The fourth-order valence-corrected chi connectivity index (χ4v) is 7.70. The van der Waals surface area contributed by atoms with E-state index in [2.05, 4.69) is 38.7 Å². The zero-order valence-corrected chi connectivity index (χ0v) is 21.6. The fraction of sp³-hybridized carbons (Fsp3) is 0.769.